The van der Waals surface area contributed by atoms with E-state index >= 15 is 0 Å². The highest BCUT2D eigenvalue weighted by Crippen LogP contribution is 2.09. The summed E-state index contributed by atoms with van der Waals surface area (Å²) < 4.78 is 5.09. The highest BCUT2D eigenvalue weighted by atomic mass is 32.2. The molecule has 1 aliphatic rings. The number of carbonyl (C=O) groups is 2. The van der Waals surface area contributed by atoms with Crippen molar-refractivity contribution in [2.75, 3.05) is 45.2 Å². The van der Waals surface area contributed by atoms with Crippen LogP contribution in [0.3, 0.4) is 0 Å². The fourth-order valence-corrected chi connectivity index (χ4v) is 2.85. The lowest BCUT2D eigenvalue weighted by atomic mass is 10.1. The fourth-order valence-electron chi connectivity index (χ4n) is 2.38. The molecule has 1 N–H and O–H groups in total. The molecule has 1 aromatic rings. The summed E-state index contributed by atoms with van der Waals surface area (Å²) in [6, 6.07) is 2.77. The predicted molar refractivity (Wildman–Crippen MR) is 87.0 cm³/mol. The van der Waals surface area contributed by atoms with Gasteiger partial charge in [0, 0.05) is 26.2 Å². The van der Waals surface area contributed by atoms with Gasteiger partial charge in [-0.1, -0.05) is 0 Å². The van der Waals surface area contributed by atoms with Crippen molar-refractivity contribution in [1.29, 1.82) is 0 Å². The smallest absolute Gasteiger partial charge is 0.287 e. The van der Waals surface area contributed by atoms with Crippen LogP contribution in [0.15, 0.2) is 22.8 Å². The Kier molecular flexibility index (Phi) is 6.33. The molecule has 0 bridgehead atoms. The summed E-state index contributed by atoms with van der Waals surface area (Å²) in [7, 11) is 2.05. The van der Waals surface area contributed by atoms with Crippen molar-refractivity contribution < 1.29 is 14.0 Å². The lowest BCUT2D eigenvalue weighted by Crippen LogP contribution is -2.54. The van der Waals surface area contributed by atoms with Gasteiger partial charge in [0.2, 0.25) is 5.91 Å². The van der Waals surface area contributed by atoms with Crippen LogP contribution in [0, 0.1) is 0 Å². The number of carbonyl (C=O) groups excluding carboxylic acids is 2. The van der Waals surface area contributed by atoms with E-state index in [1.807, 2.05) is 18.2 Å². The molecule has 1 fully saturated rings. The van der Waals surface area contributed by atoms with Gasteiger partial charge in [0.15, 0.2) is 5.76 Å². The molecule has 2 amide bonds. The third-order valence-corrected chi connectivity index (χ3v) is 4.42. The lowest BCUT2D eigenvalue weighted by molar-refractivity contribution is -0.134. The predicted octanol–water partition coefficient (Wildman–Crippen LogP) is 0.905. The second-order valence-corrected chi connectivity index (χ2v) is 6.40. The van der Waals surface area contributed by atoms with Crippen LogP contribution < -0.4 is 5.32 Å². The van der Waals surface area contributed by atoms with Gasteiger partial charge < -0.3 is 19.5 Å². The molecule has 22 heavy (non-hydrogen) atoms. The molecule has 7 heteroatoms. The quantitative estimate of drug-likeness (QED) is 0.842. The van der Waals surface area contributed by atoms with E-state index in [4.69, 9.17) is 4.42 Å². The molecule has 0 aliphatic carbocycles. The van der Waals surface area contributed by atoms with Gasteiger partial charge in [-0.3, -0.25) is 9.59 Å². The van der Waals surface area contributed by atoms with Gasteiger partial charge in [-0.25, -0.2) is 0 Å². The van der Waals surface area contributed by atoms with Crippen molar-refractivity contribution >= 4 is 23.6 Å². The highest BCUT2D eigenvalue weighted by Gasteiger charge is 2.28. The summed E-state index contributed by atoms with van der Waals surface area (Å²) in [5.74, 6) is 0.726. The van der Waals surface area contributed by atoms with Crippen molar-refractivity contribution in [1.82, 2.24) is 15.1 Å². The maximum absolute atomic E-state index is 12.7. The number of likely N-dealkylation sites (N-methyl/N-ethyl adjacent to an activating group) is 1. The topological polar surface area (TPSA) is 65.8 Å². The van der Waals surface area contributed by atoms with Gasteiger partial charge in [-0.15, -0.1) is 0 Å². The molecule has 0 spiro atoms. The highest BCUT2D eigenvalue weighted by molar-refractivity contribution is 7.98. The summed E-state index contributed by atoms with van der Waals surface area (Å²) in [6.45, 7) is 3.16. The van der Waals surface area contributed by atoms with E-state index in [1.165, 1.54) is 6.26 Å². The van der Waals surface area contributed by atoms with Crippen molar-refractivity contribution in [2.24, 2.45) is 0 Å². The molecule has 1 atom stereocenters. The van der Waals surface area contributed by atoms with E-state index < -0.39 is 6.04 Å². The summed E-state index contributed by atoms with van der Waals surface area (Å²) in [6.07, 6.45) is 4.07. The Bertz CT molecular complexity index is 484. The van der Waals surface area contributed by atoms with Gasteiger partial charge in [0.05, 0.1) is 6.26 Å². The van der Waals surface area contributed by atoms with Crippen molar-refractivity contribution in [3.8, 4) is 0 Å². The maximum atomic E-state index is 12.7. The fraction of sp³-hybridized carbons (Fsp3) is 0.600. The molecule has 0 saturated carbocycles. The van der Waals surface area contributed by atoms with Gasteiger partial charge in [-0.2, -0.15) is 11.8 Å². The molecule has 2 rings (SSSR count). The third-order valence-electron chi connectivity index (χ3n) is 3.77. The first-order valence-corrected chi connectivity index (χ1v) is 8.82. The van der Waals surface area contributed by atoms with Crippen LogP contribution in [0.2, 0.25) is 0 Å². The summed E-state index contributed by atoms with van der Waals surface area (Å²) in [4.78, 5) is 28.8. The van der Waals surface area contributed by atoms with Crippen LogP contribution in [0.5, 0.6) is 0 Å². The number of nitrogens with one attached hydrogen (secondary N) is 1. The number of piperazine rings is 1. The van der Waals surface area contributed by atoms with E-state index in [2.05, 4.69) is 10.2 Å². The molecule has 122 valence electrons. The molecule has 1 unspecified atom stereocenters. The van der Waals surface area contributed by atoms with Crippen LogP contribution in [0.25, 0.3) is 0 Å². The molecule has 1 saturated heterocycles. The molecule has 0 radical (unpaired) electrons. The average Bonchev–Trinajstić information content (AvgIpc) is 3.06. The van der Waals surface area contributed by atoms with E-state index in [0.29, 0.717) is 19.5 Å². The summed E-state index contributed by atoms with van der Waals surface area (Å²) >= 11 is 1.67. The molecule has 1 aliphatic heterocycles. The SMILES string of the molecule is CSCCC(NC(=O)c1ccco1)C(=O)N1CCN(C)CC1. The first-order valence-electron chi connectivity index (χ1n) is 7.42. The van der Waals surface area contributed by atoms with Crippen molar-refractivity contribution in [2.45, 2.75) is 12.5 Å². The van der Waals surface area contributed by atoms with Gasteiger partial charge in [-0.05, 0) is 37.6 Å². The Labute approximate surface area is 135 Å². The lowest BCUT2D eigenvalue weighted by Gasteiger charge is -2.34. The minimum absolute atomic E-state index is 0.00190. The molecule has 0 aromatic carbocycles. The number of hydrogen-bond acceptors (Lipinski definition) is 5. The Hall–Kier alpha value is -1.47. The van der Waals surface area contributed by atoms with Crippen LogP contribution in [-0.4, -0.2) is 72.9 Å². The molecule has 2 heterocycles. The van der Waals surface area contributed by atoms with Crippen LogP contribution in [0.1, 0.15) is 17.0 Å². The van der Waals surface area contributed by atoms with Gasteiger partial charge >= 0.3 is 0 Å². The first-order chi connectivity index (χ1) is 10.6. The van der Waals surface area contributed by atoms with Crippen LogP contribution in [0.4, 0.5) is 0 Å². The number of rotatable bonds is 6. The van der Waals surface area contributed by atoms with Gasteiger partial charge in [0.25, 0.3) is 5.91 Å². The minimum atomic E-state index is -0.492. The zero-order valence-corrected chi connectivity index (χ0v) is 13.9. The van der Waals surface area contributed by atoms with Gasteiger partial charge in [0.1, 0.15) is 6.04 Å². The standard InChI is InChI=1S/C15H23N3O3S/c1-17-6-8-18(9-7-17)15(20)12(5-11-22-2)16-14(19)13-4-3-10-21-13/h3-4,10,12H,5-9,11H2,1-2H3,(H,16,19). The van der Waals surface area contributed by atoms with Crippen molar-refractivity contribution in [3.63, 3.8) is 0 Å². The third kappa shape index (κ3) is 4.51. The Balaban J connectivity index is 1.98. The van der Waals surface area contributed by atoms with E-state index in [9.17, 15) is 9.59 Å². The van der Waals surface area contributed by atoms with E-state index in [1.54, 1.807) is 23.9 Å². The molecule has 1 aromatic heterocycles. The number of amides is 2. The molecule has 6 nitrogen and oxygen atoms in total. The van der Waals surface area contributed by atoms with Crippen LogP contribution in [-0.2, 0) is 4.79 Å². The Morgan fingerprint density at radius 3 is 2.68 bits per heavy atom. The number of nitrogens with zero attached hydrogens (tertiary/aromatic N) is 2. The zero-order valence-electron chi connectivity index (χ0n) is 13.1. The maximum Gasteiger partial charge on any atom is 0.287 e. The van der Waals surface area contributed by atoms with Crippen LogP contribution >= 0.6 is 11.8 Å². The number of hydrogen-bond donors (Lipinski definition) is 1. The average molecular weight is 325 g/mol. The summed E-state index contributed by atoms with van der Waals surface area (Å²) in [5, 5.41) is 2.81. The Morgan fingerprint density at radius 1 is 1.36 bits per heavy atom. The molecular weight excluding hydrogens is 302 g/mol. The van der Waals surface area contributed by atoms with Crippen molar-refractivity contribution in [3.05, 3.63) is 24.2 Å². The van der Waals surface area contributed by atoms with E-state index in [0.717, 1.165) is 18.8 Å². The first kappa shape index (κ1) is 16.9. The number of furan rings is 1. The Morgan fingerprint density at radius 2 is 2.09 bits per heavy atom. The van der Waals surface area contributed by atoms with E-state index in [-0.39, 0.29) is 17.6 Å². The minimum Gasteiger partial charge on any atom is -0.459 e. The number of thioether (sulfide) groups is 1. The second-order valence-electron chi connectivity index (χ2n) is 5.41. The normalized spacial score (nSPS) is 17.3. The second kappa shape index (κ2) is 8.24. The summed E-state index contributed by atoms with van der Waals surface area (Å²) in [5.41, 5.74) is 0. The monoisotopic (exact) mass is 325 g/mol. The largest absolute Gasteiger partial charge is 0.459 e. The zero-order chi connectivity index (χ0) is 15.9. The molecular formula is C15H23N3O3S.